The molecule has 1 aliphatic rings. The number of hydrogen-bond donors (Lipinski definition) is 1. The van der Waals surface area contributed by atoms with E-state index in [1.165, 1.54) is 11.8 Å². The third-order valence-electron chi connectivity index (χ3n) is 3.62. The van der Waals surface area contributed by atoms with Crippen molar-refractivity contribution in [3.05, 3.63) is 23.7 Å². The van der Waals surface area contributed by atoms with Crippen molar-refractivity contribution in [1.29, 1.82) is 0 Å². The quantitative estimate of drug-likeness (QED) is 0.812. The van der Waals surface area contributed by atoms with E-state index in [-0.39, 0.29) is 5.91 Å². The van der Waals surface area contributed by atoms with Crippen LogP contribution in [-0.2, 0) is 18.4 Å². The van der Waals surface area contributed by atoms with Crippen molar-refractivity contribution in [2.45, 2.75) is 37.5 Å². The van der Waals surface area contributed by atoms with E-state index in [4.69, 9.17) is 10.2 Å². The molecule has 0 saturated heterocycles. The van der Waals surface area contributed by atoms with Crippen LogP contribution in [0.4, 0.5) is 5.95 Å². The minimum Gasteiger partial charge on any atom is -0.464 e. The SMILES string of the molecule is Cc1ccc(CN(C(=O)CSc2nnc(N)n2C)C2CC2)o1. The third kappa shape index (κ3) is 3.27. The first kappa shape index (κ1) is 15.0. The fourth-order valence-corrected chi connectivity index (χ4v) is 3.01. The molecule has 1 fully saturated rings. The number of carbonyl (C=O) groups is 1. The maximum Gasteiger partial charge on any atom is 0.233 e. The lowest BCUT2D eigenvalue weighted by Crippen LogP contribution is -2.33. The highest BCUT2D eigenvalue weighted by molar-refractivity contribution is 7.99. The maximum atomic E-state index is 12.5. The van der Waals surface area contributed by atoms with E-state index in [0.717, 1.165) is 24.4 Å². The number of hydrogen-bond acceptors (Lipinski definition) is 6. The summed E-state index contributed by atoms with van der Waals surface area (Å²) in [5, 5.41) is 8.39. The highest BCUT2D eigenvalue weighted by Gasteiger charge is 2.33. The van der Waals surface area contributed by atoms with Gasteiger partial charge in [0.25, 0.3) is 0 Å². The van der Waals surface area contributed by atoms with Gasteiger partial charge in [0.05, 0.1) is 12.3 Å². The Morgan fingerprint density at radius 1 is 1.50 bits per heavy atom. The second-order valence-corrected chi connectivity index (χ2v) is 6.40. The molecular formula is C14H19N5O2S. The van der Waals surface area contributed by atoms with E-state index in [1.807, 2.05) is 24.0 Å². The molecule has 7 nitrogen and oxygen atoms in total. The van der Waals surface area contributed by atoms with Crippen molar-refractivity contribution >= 4 is 23.6 Å². The molecule has 1 aliphatic carbocycles. The number of aryl methyl sites for hydroxylation is 1. The Morgan fingerprint density at radius 2 is 2.27 bits per heavy atom. The van der Waals surface area contributed by atoms with Gasteiger partial charge in [-0.3, -0.25) is 9.36 Å². The van der Waals surface area contributed by atoms with Gasteiger partial charge in [0.1, 0.15) is 11.5 Å². The van der Waals surface area contributed by atoms with Gasteiger partial charge < -0.3 is 15.1 Å². The molecule has 2 aromatic heterocycles. The lowest BCUT2D eigenvalue weighted by Gasteiger charge is -2.21. The highest BCUT2D eigenvalue weighted by Crippen LogP contribution is 2.30. The van der Waals surface area contributed by atoms with E-state index in [2.05, 4.69) is 10.2 Å². The second kappa shape index (κ2) is 6.04. The predicted molar refractivity (Wildman–Crippen MR) is 83.2 cm³/mol. The first-order chi connectivity index (χ1) is 10.5. The summed E-state index contributed by atoms with van der Waals surface area (Å²) in [6, 6.07) is 4.18. The Kier molecular flexibility index (Phi) is 4.10. The Balaban J connectivity index is 1.61. The average molecular weight is 321 g/mol. The summed E-state index contributed by atoms with van der Waals surface area (Å²) in [5.74, 6) is 2.44. The molecule has 0 bridgehead atoms. The van der Waals surface area contributed by atoms with Crippen molar-refractivity contribution in [3.8, 4) is 0 Å². The van der Waals surface area contributed by atoms with Crippen LogP contribution in [0.5, 0.6) is 0 Å². The summed E-state index contributed by atoms with van der Waals surface area (Å²) in [6.07, 6.45) is 2.13. The number of aromatic nitrogens is 3. The van der Waals surface area contributed by atoms with Gasteiger partial charge in [0, 0.05) is 13.1 Å². The molecule has 0 radical (unpaired) electrons. The van der Waals surface area contributed by atoms with Crippen LogP contribution in [0.15, 0.2) is 21.7 Å². The van der Waals surface area contributed by atoms with E-state index in [9.17, 15) is 4.79 Å². The number of rotatable bonds is 6. The number of anilines is 1. The van der Waals surface area contributed by atoms with Gasteiger partial charge in [-0.15, -0.1) is 10.2 Å². The minimum absolute atomic E-state index is 0.0862. The Labute approximate surface area is 132 Å². The monoisotopic (exact) mass is 321 g/mol. The van der Waals surface area contributed by atoms with E-state index >= 15 is 0 Å². The molecule has 1 amide bonds. The van der Waals surface area contributed by atoms with Gasteiger partial charge in [0.2, 0.25) is 11.9 Å². The Bertz CT molecular complexity index is 677. The molecule has 3 rings (SSSR count). The largest absolute Gasteiger partial charge is 0.464 e. The Morgan fingerprint density at radius 3 is 2.82 bits per heavy atom. The normalized spacial score (nSPS) is 14.3. The summed E-state index contributed by atoms with van der Waals surface area (Å²) in [6.45, 7) is 2.43. The molecule has 0 atom stereocenters. The van der Waals surface area contributed by atoms with Crippen molar-refractivity contribution < 1.29 is 9.21 Å². The summed E-state index contributed by atoms with van der Waals surface area (Å²) in [5.41, 5.74) is 5.64. The van der Waals surface area contributed by atoms with Crippen LogP contribution in [-0.4, -0.2) is 37.4 Å². The van der Waals surface area contributed by atoms with Gasteiger partial charge in [-0.2, -0.15) is 0 Å². The van der Waals surface area contributed by atoms with Crippen molar-refractivity contribution in [2.75, 3.05) is 11.5 Å². The first-order valence-corrected chi connectivity index (χ1v) is 8.15. The molecule has 0 aromatic carbocycles. The van der Waals surface area contributed by atoms with E-state index in [1.54, 1.807) is 11.6 Å². The van der Waals surface area contributed by atoms with E-state index < -0.39 is 0 Å². The molecule has 0 spiro atoms. The fraction of sp³-hybridized carbons (Fsp3) is 0.500. The van der Waals surface area contributed by atoms with Gasteiger partial charge in [-0.1, -0.05) is 11.8 Å². The van der Waals surface area contributed by atoms with Crippen LogP contribution >= 0.6 is 11.8 Å². The summed E-state index contributed by atoms with van der Waals surface area (Å²) in [4.78, 5) is 14.4. The zero-order valence-corrected chi connectivity index (χ0v) is 13.5. The smallest absolute Gasteiger partial charge is 0.233 e. The molecule has 0 unspecified atom stereocenters. The minimum atomic E-state index is 0.0862. The number of nitrogens with zero attached hydrogens (tertiary/aromatic N) is 4. The Hall–Kier alpha value is -1.96. The number of nitrogen functional groups attached to an aromatic ring is 1. The average Bonchev–Trinajstić information content (AvgIpc) is 3.18. The van der Waals surface area contributed by atoms with Crippen molar-refractivity contribution in [3.63, 3.8) is 0 Å². The zero-order chi connectivity index (χ0) is 15.7. The predicted octanol–water partition coefficient (Wildman–Crippen LogP) is 1.58. The molecule has 22 heavy (non-hydrogen) atoms. The molecular weight excluding hydrogens is 302 g/mol. The van der Waals surface area contributed by atoms with Crippen molar-refractivity contribution in [1.82, 2.24) is 19.7 Å². The van der Waals surface area contributed by atoms with Crippen LogP contribution in [0.2, 0.25) is 0 Å². The summed E-state index contributed by atoms with van der Waals surface area (Å²) < 4.78 is 7.26. The number of amides is 1. The van der Waals surface area contributed by atoms with Crippen molar-refractivity contribution in [2.24, 2.45) is 7.05 Å². The van der Waals surface area contributed by atoms with Crippen LogP contribution in [0, 0.1) is 6.92 Å². The molecule has 2 aromatic rings. The topological polar surface area (TPSA) is 90.2 Å². The zero-order valence-electron chi connectivity index (χ0n) is 12.7. The second-order valence-electron chi connectivity index (χ2n) is 5.45. The number of carbonyl (C=O) groups excluding carboxylic acids is 1. The van der Waals surface area contributed by atoms with Gasteiger partial charge in [0.15, 0.2) is 5.16 Å². The number of furan rings is 1. The summed E-state index contributed by atoms with van der Waals surface area (Å²) in [7, 11) is 1.78. The van der Waals surface area contributed by atoms with Gasteiger partial charge in [-0.25, -0.2) is 0 Å². The first-order valence-electron chi connectivity index (χ1n) is 7.17. The van der Waals surface area contributed by atoms with Gasteiger partial charge in [-0.05, 0) is 31.9 Å². The van der Waals surface area contributed by atoms with Crippen LogP contribution < -0.4 is 5.73 Å². The highest BCUT2D eigenvalue weighted by atomic mass is 32.2. The molecule has 2 N–H and O–H groups in total. The standard InChI is InChI=1S/C14H19N5O2S/c1-9-3-6-11(21-9)7-19(10-4-5-10)12(20)8-22-14-17-16-13(15)18(14)2/h3,6,10H,4-5,7-8H2,1-2H3,(H2,15,16). The maximum absolute atomic E-state index is 12.5. The number of thioether (sulfide) groups is 1. The molecule has 8 heteroatoms. The van der Waals surface area contributed by atoms with Crippen LogP contribution in [0.1, 0.15) is 24.4 Å². The number of nitrogens with two attached hydrogens (primary N) is 1. The van der Waals surface area contributed by atoms with Crippen LogP contribution in [0.25, 0.3) is 0 Å². The molecule has 1 saturated carbocycles. The molecule has 2 heterocycles. The van der Waals surface area contributed by atoms with Crippen LogP contribution in [0.3, 0.4) is 0 Å². The van der Waals surface area contributed by atoms with Gasteiger partial charge >= 0.3 is 0 Å². The van der Waals surface area contributed by atoms with E-state index in [0.29, 0.717) is 29.4 Å². The molecule has 0 aliphatic heterocycles. The third-order valence-corrected chi connectivity index (χ3v) is 4.63. The fourth-order valence-electron chi connectivity index (χ4n) is 2.21. The lowest BCUT2D eigenvalue weighted by molar-refractivity contribution is -0.129. The lowest BCUT2D eigenvalue weighted by atomic mass is 10.3. The molecule has 118 valence electrons. The summed E-state index contributed by atoms with van der Waals surface area (Å²) >= 11 is 1.35.